The number of nitrogens with one attached hydrogen (secondary N) is 1. The lowest BCUT2D eigenvalue weighted by Gasteiger charge is -2.09. The van der Waals surface area contributed by atoms with Crippen LogP contribution in [-0.4, -0.2) is 18.3 Å². The van der Waals surface area contributed by atoms with E-state index in [9.17, 15) is 31.1 Å². The number of ketones is 1. The SMILES string of the molecule is O=C(C=CNc1ccc(OC(F)(F)F)cc1)C(F)(F)F. The second kappa shape index (κ2) is 5.85. The summed E-state index contributed by atoms with van der Waals surface area (Å²) in [6, 6.07) is 4.22. The van der Waals surface area contributed by atoms with Gasteiger partial charge in [0.2, 0.25) is 0 Å². The summed E-state index contributed by atoms with van der Waals surface area (Å²) in [6.45, 7) is 0. The number of carbonyl (C=O) groups is 1. The van der Waals surface area contributed by atoms with Crippen molar-refractivity contribution in [2.45, 2.75) is 12.5 Å². The van der Waals surface area contributed by atoms with Crippen molar-refractivity contribution in [3.05, 3.63) is 36.5 Å². The number of anilines is 1. The number of hydrogen-bond acceptors (Lipinski definition) is 3. The molecule has 0 heterocycles. The van der Waals surface area contributed by atoms with Crippen LogP contribution in [0.4, 0.5) is 32.0 Å². The molecule has 0 fully saturated rings. The Balaban J connectivity index is 2.59. The number of rotatable bonds is 4. The molecule has 0 amide bonds. The zero-order chi connectivity index (χ0) is 15.4. The molecule has 0 aromatic heterocycles. The van der Waals surface area contributed by atoms with E-state index in [0.717, 1.165) is 30.5 Å². The van der Waals surface area contributed by atoms with Crippen molar-refractivity contribution in [1.82, 2.24) is 0 Å². The van der Waals surface area contributed by atoms with Crippen molar-refractivity contribution >= 4 is 11.5 Å². The van der Waals surface area contributed by atoms with Crippen LogP contribution in [-0.2, 0) is 4.79 Å². The van der Waals surface area contributed by atoms with Crippen molar-refractivity contribution < 1.29 is 35.9 Å². The van der Waals surface area contributed by atoms with Crippen LogP contribution >= 0.6 is 0 Å². The number of alkyl halides is 6. The van der Waals surface area contributed by atoms with Crippen LogP contribution in [0.2, 0.25) is 0 Å². The first kappa shape index (κ1) is 15.9. The predicted molar refractivity (Wildman–Crippen MR) is 56.9 cm³/mol. The van der Waals surface area contributed by atoms with E-state index in [1.807, 2.05) is 0 Å². The number of benzene rings is 1. The Labute approximate surface area is 108 Å². The number of hydrogen-bond donors (Lipinski definition) is 1. The van der Waals surface area contributed by atoms with Gasteiger partial charge in [-0.3, -0.25) is 4.79 Å². The summed E-state index contributed by atoms with van der Waals surface area (Å²) < 4.78 is 74.7. The van der Waals surface area contributed by atoms with Crippen molar-refractivity contribution in [3.8, 4) is 5.75 Å². The number of carbonyl (C=O) groups excluding carboxylic acids is 1. The third-order valence-corrected chi connectivity index (χ3v) is 1.85. The molecule has 0 aliphatic carbocycles. The Morgan fingerprint density at radius 1 is 1.05 bits per heavy atom. The van der Waals surface area contributed by atoms with Gasteiger partial charge in [-0.1, -0.05) is 0 Å². The van der Waals surface area contributed by atoms with Crippen LogP contribution in [0, 0.1) is 0 Å². The largest absolute Gasteiger partial charge is 0.573 e. The summed E-state index contributed by atoms with van der Waals surface area (Å²) in [5.74, 6) is -2.53. The first-order valence-corrected chi connectivity index (χ1v) is 4.98. The third kappa shape index (κ3) is 5.63. The van der Waals surface area contributed by atoms with Gasteiger partial charge in [0.1, 0.15) is 5.75 Å². The first-order valence-electron chi connectivity index (χ1n) is 4.98. The van der Waals surface area contributed by atoms with Crippen molar-refractivity contribution in [2.24, 2.45) is 0 Å². The highest BCUT2D eigenvalue weighted by Gasteiger charge is 2.36. The lowest BCUT2D eigenvalue weighted by molar-refractivity contribution is -0.274. The molecular weight excluding hydrogens is 292 g/mol. The molecule has 3 nitrogen and oxygen atoms in total. The van der Waals surface area contributed by atoms with E-state index in [1.165, 1.54) is 0 Å². The molecule has 0 saturated carbocycles. The van der Waals surface area contributed by atoms with Gasteiger partial charge in [0.15, 0.2) is 0 Å². The minimum absolute atomic E-state index is 0.186. The fourth-order valence-corrected chi connectivity index (χ4v) is 1.06. The Hall–Kier alpha value is -2.19. The second-order valence-corrected chi connectivity index (χ2v) is 3.41. The smallest absolute Gasteiger partial charge is 0.406 e. The van der Waals surface area contributed by atoms with Crippen molar-refractivity contribution in [3.63, 3.8) is 0 Å². The predicted octanol–water partition coefficient (Wildman–Crippen LogP) is 3.64. The molecule has 0 saturated heterocycles. The number of halogens is 6. The molecule has 0 unspecified atom stereocenters. The Kier molecular flexibility index (Phi) is 4.64. The summed E-state index contributed by atoms with van der Waals surface area (Å²) >= 11 is 0. The highest BCUT2D eigenvalue weighted by molar-refractivity contribution is 5.94. The van der Waals surface area contributed by atoms with Gasteiger partial charge in [-0.2, -0.15) is 13.2 Å². The molecule has 1 aromatic carbocycles. The molecule has 1 rings (SSSR count). The Morgan fingerprint density at radius 2 is 1.60 bits per heavy atom. The average Bonchev–Trinajstić information content (AvgIpc) is 2.28. The molecule has 110 valence electrons. The van der Waals surface area contributed by atoms with Crippen molar-refractivity contribution in [2.75, 3.05) is 5.32 Å². The van der Waals surface area contributed by atoms with Crippen LogP contribution < -0.4 is 10.1 Å². The molecule has 0 atom stereocenters. The van der Waals surface area contributed by atoms with Gasteiger partial charge in [0.25, 0.3) is 5.78 Å². The van der Waals surface area contributed by atoms with Crippen LogP contribution in [0.15, 0.2) is 36.5 Å². The van der Waals surface area contributed by atoms with E-state index in [-0.39, 0.29) is 11.8 Å². The topological polar surface area (TPSA) is 38.3 Å². The molecule has 0 aliphatic rings. The van der Waals surface area contributed by atoms with E-state index >= 15 is 0 Å². The molecule has 1 N–H and O–H groups in total. The fraction of sp³-hybridized carbons (Fsp3) is 0.182. The van der Waals surface area contributed by atoms with Gasteiger partial charge >= 0.3 is 12.5 Å². The fourth-order valence-electron chi connectivity index (χ4n) is 1.06. The standard InChI is InChI=1S/C11H7F6NO2/c12-10(13,14)9(19)5-6-18-7-1-3-8(4-2-7)20-11(15,16)17/h1-6,18H. The van der Waals surface area contributed by atoms with Crippen LogP contribution in [0.1, 0.15) is 0 Å². The summed E-state index contributed by atoms with van der Waals surface area (Å²) in [5.41, 5.74) is 0.186. The van der Waals surface area contributed by atoms with E-state index in [2.05, 4.69) is 10.1 Å². The summed E-state index contributed by atoms with van der Waals surface area (Å²) in [6.07, 6.45) is -8.80. The van der Waals surface area contributed by atoms with Crippen molar-refractivity contribution in [1.29, 1.82) is 0 Å². The summed E-state index contributed by atoms with van der Waals surface area (Å²) in [7, 11) is 0. The minimum atomic E-state index is -4.97. The maximum Gasteiger partial charge on any atom is 0.573 e. The third-order valence-electron chi connectivity index (χ3n) is 1.85. The quantitative estimate of drug-likeness (QED) is 0.681. The number of ether oxygens (including phenoxy) is 1. The molecule has 20 heavy (non-hydrogen) atoms. The lowest BCUT2D eigenvalue weighted by atomic mass is 10.3. The van der Waals surface area contributed by atoms with E-state index < -0.39 is 24.1 Å². The Bertz CT molecular complexity index is 489. The maximum absolute atomic E-state index is 11.9. The van der Waals surface area contributed by atoms with E-state index in [0.29, 0.717) is 0 Å². The van der Waals surface area contributed by atoms with Gasteiger partial charge < -0.3 is 10.1 Å². The molecule has 0 radical (unpaired) electrons. The van der Waals surface area contributed by atoms with Gasteiger partial charge in [0, 0.05) is 18.0 Å². The normalized spacial score (nSPS) is 12.5. The average molecular weight is 299 g/mol. The zero-order valence-electron chi connectivity index (χ0n) is 9.55. The minimum Gasteiger partial charge on any atom is -0.406 e. The monoisotopic (exact) mass is 299 g/mol. The van der Waals surface area contributed by atoms with Crippen LogP contribution in [0.25, 0.3) is 0 Å². The summed E-state index contributed by atoms with van der Waals surface area (Å²) in [4.78, 5) is 10.5. The first-order chi connectivity index (χ1) is 9.08. The highest BCUT2D eigenvalue weighted by atomic mass is 19.4. The number of allylic oxidation sites excluding steroid dienone is 1. The molecular formula is C11H7F6NO2. The Morgan fingerprint density at radius 3 is 2.05 bits per heavy atom. The zero-order valence-corrected chi connectivity index (χ0v) is 9.55. The van der Waals surface area contributed by atoms with Gasteiger partial charge in [-0.05, 0) is 24.3 Å². The van der Waals surface area contributed by atoms with Gasteiger partial charge in [0.05, 0.1) is 0 Å². The molecule has 0 bridgehead atoms. The highest BCUT2D eigenvalue weighted by Crippen LogP contribution is 2.24. The van der Waals surface area contributed by atoms with Gasteiger partial charge in [-0.15, -0.1) is 13.2 Å². The van der Waals surface area contributed by atoms with Crippen LogP contribution in [0.3, 0.4) is 0 Å². The maximum atomic E-state index is 11.9. The lowest BCUT2D eigenvalue weighted by Crippen LogP contribution is -2.20. The summed E-state index contributed by atoms with van der Waals surface area (Å²) in [5, 5.41) is 2.30. The van der Waals surface area contributed by atoms with E-state index in [1.54, 1.807) is 0 Å². The van der Waals surface area contributed by atoms with E-state index in [4.69, 9.17) is 0 Å². The second-order valence-electron chi connectivity index (χ2n) is 3.41. The molecule has 0 spiro atoms. The molecule has 1 aromatic rings. The molecule has 0 aliphatic heterocycles. The molecule has 9 heteroatoms. The van der Waals surface area contributed by atoms with Crippen LogP contribution in [0.5, 0.6) is 5.75 Å². The van der Waals surface area contributed by atoms with Gasteiger partial charge in [-0.25, -0.2) is 0 Å².